The number of ketones is 1. The number of hydrogen-bond donors (Lipinski definition) is 0. The standard InChI is InChI=1S/C29H32F4N2O4/c1-28(2,27(38)34-11-4-5-12-34)22-9-6-18(14-23(22)30)15-24(36)26-21-8-7-20(39-3)16-19(21)10-13-35(26)25(37)17-29(31,32)33/h6-9,14,16,26H,4-5,10-13,15,17H2,1-3H3. The molecule has 2 aromatic rings. The molecule has 2 aliphatic heterocycles. The molecule has 2 heterocycles. The second-order valence-electron chi connectivity index (χ2n) is 10.7. The highest BCUT2D eigenvalue weighted by Gasteiger charge is 2.41. The van der Waals surface area contributed by atoms with Crippen molar-refractivity contribution in [3.8, 4) is 5.75 Å². The van der Waals surface area contributed by atoms with E-state index in [4.69, 9.17) is 4.74 Å². The number of carbonyl (C=O) groups excluding carboxylic acids is 3. The number of Topliss-reactive ketones (excluding diaryl/α,β-unsaturated/α-hetero) is 1. The molecule has 4 rings (SSSR count). The topological polar surface area (TPSA) is 66.9 Å². The van der Waals surface area contributed by atoms with Gasteiger partial charge in [0.2, 0.25) is 11.8 Å². The van der Waals surface area contributed by atoms with E-state index in [2.05, 4.69) is 0 Å². The van der Waals surface area contributed by atoms with Gasteiger partial charge in [0.1, 0.15) is 24.0 Å². The first-order chi connectivity index (χ1) is 18.3. The summed E-state index contributed by atoms with van der Waals surface area (Å²) in [5.74, 6) is -2.01. The zero-order valence-electron chi connectivity index (χ0n) is 22.2. The van der Waals surface area contributed by atoms with Crippen molar-refractivity contribution in [2.45, 2.75) is 63.6 Å². The quantitative estimate of drug-likeness (QED) is 0.461. The van der Waals surface area contributed by atoms with Gasteiger partial charge in [-0.2, -0.15) is 13.2 Å². The Bertz CT molecular complexity index is 1270. The molecule has 0 saturated carbocycles. The summed E-state index contributed by atoms with van der Waals surface area (Å²) >= 11 is 0. The normalized spacial score (nSPS) is 17.7. The fourth-order valence-electron chi connectivity index (χ4n) is 5.52. The maximum atomic E-state index is 15.3. The first-order valence-electron chi connectivity index (χ1n) is 13.0. The van der Waals surface area contributed by atoms with Gasteiger partial charge < -0.3 is 14.5 Å². The van der Waals surface area contributed by atoms with E-state index < -0.39 is 41.6 Å². The molecule has 0 N–H and O–H groups in total. The Balaban J connectivity index is 1.61. The lowest BCUT2D eigenvalue weighted by Crippen LogP contribution is -2.45. The molecule has 0 bridgehead atoms. The van der Waals surface area contributed by atoms with Crippen LogP contribution in [0.4, 0.5) is 17.6 Å². The average molecular weight is 549 g/mol. The summed E-state index contributed by atoms with van der Waals surface area (Å²) in [5.41, 5.74) is 0.519. The van der Waals surface area contributed by atoms with Crippen molar-refractivity contribution in [2.75, 3.05) is 26.7 Å². The minimum Gasteiger partial charge on any atom is -0.497 e. The molecule has 10 heteroatoms. The highest BCUT2D eigenvalue weighted by molar-refractivity contribution is 5.92. The van der Waals surface area contributed by atoms with E-state index in [-0.39, 0.29) is 30.9 Å². The predicted octanol–water partition coefficient (Wildman–Crippen LogP) is 4.92. The summed E-state index contributed by atoms with van der Waals surface area (Å²) in [7, 11) is 1.48. The molecule has 0 radical (unpaired) electrons. The third-order valence-electron chi connectivity index (χ3n) is 7.57. The fraction of sp³-hybridized carbons (Fsp3) is 0.483. The van der Waals surface area contributed by atoms with Crippen molar-refractivity contribution >= 4 is 17.6 Å². The van der Waals surface area contributed by atoms with Crippen LogP contribution in [0.25, 0.3) is 0 Å². The summed E-state index contributed by atoms with van der Waals surface area (Å²) in [6, 6.07) is 7.85. The fourth-order valence-corrected chi connectivity index (χ4v) is 5.52. The van der Waals surface area contributed by atoms with E-state index in [1.807, 2.05) is 0 Å². The van der Waals surface area contributed by atoms with E-state index in [1.54, 1.807) is 43.0 Å². The van der Waals surface area contributed by atoms with Crippen LogP contribution in [0.5, 0.6) is 5.75 Å². The Morgan fingerprint density at radius 1 is 1.00 bits per heavy atom. The van der Waals surface area contributed by atoms with Gasteiger partial charge in [0.05, 0.1) is 12.5 Å². The number of ether oxygens (including phenoxy) is 1. The molecule has 2 aromatic carbocycles. The molecule has 0 spiro atoms. The molecule has 1 saturated heterocycles. The second-order valence-corrected chi connectivity index (χ2v) is 10.7. The molecule has 1 atom stereocenters. The van der Waals surface area contributed by atoms with Crippen molar-refractivity contribution in [3.63, 3.8) is 0 Å². The molecule has 6 nitrogen and oxygen atoms in total. The van der Waals surface area contributed by atoms with Crippen LogP contribution in [-0.4, -0.2) is 60.3 Å². The first-order valence-corrected chi connectivity index (χ1v) is 13.0. The first kappa shape index (κ1) is 28.6. The number of hydrogen-bond acceptors (Lipinski definition) is 4. The summed E-state index contributed by atoms with van der Waals surface area (Å²) in [6.07, 6.45) is -4.61. The summed E-state index contributed by atoms with van der Waals surface area (Å²) in [5, 5.41) is 0. The Morgan fingerprint density at radius 2 is 1.69 bits per heavy atom. The Labute approximate surface area is 224 Å². The molecule has 2 amide bonds. The van der Waals surface area contributed by atoms with Gasteiger partial charge in [0.15, 0.2) is 5.78 Å². The number of likely N-dealkylation sites (tertiary alicyclic amines) is 1. The second kappa shape index (κ2) is 11.0. The minimum absolute atomic E-state index is 0.0639. The molecule has 0 aromatic heterocycles. The Hall–Kier alpha value is -3.43. The Kier molecular flexibility index (Phi) is 8.04. The van der Waals surface area contributed by atoms with Gasteiger partial charge in [-0.05, 0) is 68.0 Å². The lowest BCUT2D eigenvalue weighted by atomic mass is 9.82. The van der Waals surface area contributed by atoms with Crippen LogP contribution in [0.2, 0.25) is 0 Å². The number of fused-ring (bicyclic) bond motifs is 1. The monoisotopic (exact) mass is 548 g/mol. The number of nitrogens with zero attached hydrogens (tertiary/aromatic N) is 2. The number of amides is 2. The lowest BCUT2D eigenvalue weighted by molar-refractivity contribution is -0.165. The van der Waals surface area contributed by atoms with Crippen molar-refractivity contribution in [2.24, 2.45) is 0 Å². The van der Waals surface area contributed by atoms with Crippen molar-refractivity contribution in [1.82, 2.24) is 9.80 Å². The molecule has 1 fully saturated rings. The minimum atomic E-state index is -4.72. The van der Waals surface area contributed by atoms with Gasteiger partial charge in [0, 0.05) is 31.6 Å². The van der Waals surface area contributed by atoms with Crippen molar-refractivity contribution < 1.29 is 36.7 Å². The molecule has 210 valence electrons. The van der Waals surface area contributed by atoms with E-state index in [0.29, 0.717) is 35.5 Å². The number of alkyl halides is 3. The summed E-state index contributed by atoms with van der Waals surface area (Å²) < 4.78 is 59.7. The largest absolute Gasteiger partial charge is 0.497 e. The van der Waals surface area contributed by atoms with Gasteiger partial charge >= 0.3 is 6.18 Å². The highest BCUT2D eigenvalue weighted by atomic mass is 19.4. The molecule has 39 heavy (non-hydrogen) atoms. The van der Waals surface area contributed by atoms with Crippen LogP contribution in [-0.2, 0) is 32.6 Å². The molecule has 2 aliphatic rings. The van der Waals surface area contributed by atoms with Crippen LogP contribution in [0, 0.1) is 5.82 Å². The van der Waals surface area contributed by atoms with Crippen LogP contribution < -0.4 is 4.74 Å². The smallest absolute Gasteiger partial charge is 0.397 e. The third kappa shape index (κ3) is 6.09. The van der Waals surface area contributed by atoms with Gasteiger partial charge in [0.25, 0.3) is 0 Å². The van der Waals surface area contributed by atoms with Crippen LogP contribution in [0.3, 0.4) is 0 Å². The van der Waals surface area contributed by atoms with Crippen LogP contribution >= 0.6 is 0 Å². The molecular formula is C29H32F4N2O4. The molecule has 0 aliphatic carbocycles. The zero-order valence-corrected chi connectivity index (χ0v) is 22.2. The SMILES string of the molecule is COc1ccc2c(c1)CCN(C(=O)CC(F)(F)F)C2C(=O)Cc1ccc(C(C)(C)C(=O)N2CCCC2)c(F)c1. The van der Waals surface area contributed by atoms with Crippen molar-refractivity contribution in [1.29, 1.82) is 0 Å². The maximum absolute atomic E-state index is 15.3. The van der Waals surface area contributed by atoms with E-state index >= 15 is 4.39 Å². The number of halogens is 4. The zero-order chi connectivity index (χ0) is 28.5. The van der Waals surface area contributed by atoms with Crippen molar-refractivity contribution in [3.05, 3.63) is 64.5 Å². The predicted molar refractivity (Wildman–Crippen MR) is 136 cm³/mol. The number of rotatable bonds is 7. The molecular weight excluding hydrogens is 516 g/mol. The lowest BCUT2D eigenvalue weighted by Gasteiger charge is -2.37. The third-order valence-corrected chi connectivity index (χ3v) is 7.57. The highest BCUT2D eigenvalue weighted by Crippen LogP contribution is 2.36. The number of benzene rings is 2. The van der Waals surface area contributed by atoms with Gasteiger partial charge in [-0.3, -0.25) is 14.4 Å². The molecule has 1 unspecified atom stereocenters. The Morgan fingerprint density at radius 3 is 2.31 bits per heavy atom. The van der Waals surface area contributed by atoms with Crippen LogP contribution in [0.1, 0.15) is 61.4 Å². The average Bonchev–Trinajstić information content (AvgIpc) is 3.40. The summed E-state index contributed by atoms with van der Waals surface area (Å²) in [6.45, 7) is 4.53. The van der Waals surface area contributed by atoms with Gasteiger partial charge in [-0.15, -0.1) is 0 Å². The van der Waals surface area contributed by atoms with Gasteiger partial charge in [-0.1, -0.05) is 18.2 Å². The number of methoxy groups -OCH3 is 1. The maximum Gasteiger partial charge on any atom is 0.397 e. The van der Waals surface area contributed by atoms with Gasteiger partial charge in [-0.25, -0.2) is 4.39 Å². The summed E-state index contributed by atoms with van der Waals surface area (Å²) in [4.78, 5) is 41.9. The van der Waals surface area contributed by atoms with E-state index in [9.17, 15) is 27.6 Å². The van der Waals surface area contributed by atoms with Crippen LogP contribution in [0.15, 0.2) is 36.4 Å². The van der Waals surface area contributed by atoms with E-state index in [1.165, 1.54) is 19.2 Å². The number of carbonyl (C=O) groups is 3. The van der Waals surface area contributed by atoms with E-state index in [0.717, 1.165) is 17.7 Å².